The second-order valence-corrected chi connectivity index (χ2v) is 3.42. The molecule has 0 aliphatic rings. The summed E-state index contributed by atoms with van der Waals surface area (Å²) < 4.78 is 5.43. The molecule has 2 atom stereocenters. The van der Waals surface area contributed by atoms with Crippen LogP contribution in [0.2, 0.25) is 0 Å². The van der Waals surface area contributed by atoms with Gasteiger partial charge in [-0.25, -0.2) is 0 Å². The third-order valence-corrected chi connectivity index (χ3v) is 2.54. The molecule has 0 rings (SSSR count). The third kappa shape index (κ3) is 3.38. The quantitative estimate of drug-likeness (QED) is 0.634. The van der Waals surface area contributed by atoms with Gasteiger partial charge < -0.3 is 10.1 Å². The van der Waals surface area contributed by atoms with E-state index in [1.807, 2.05) is 6.92 Å². The Morgan fingerprint density at radius 1 is 1.54 bits per heavy atom. The van der Waals surface area contributed by atoms with E-state index in [9.17, 15) is 0 Å². The maximum atomic E-state index is 5.46. The van der Waals surface area contributed by atoms with E-state index in [0.29, 0.717) is 0 Å². The first-order valence-corrected chi connectivity index (χ1v) is 4.89. The zero-order valence-electron chi connectivity index (χ0n) is 9.18. The number of ether oxygens (including phenoxy) is 1. The fourth-order valence-electron chi connectivity index (χ4n) is 1.21. The van der Waals surface area contributed by atoms with Gasteiger partial charge in [0.15, 0.2) is 0 Å². The Balaban J connectivity index is 4.28. The second kappa shape index (κ2) is 6.01. The number of methoxy groups -OCH3 is 1. The van der Waals surface area contributed by atoms with Crippen LogP contribution in [0.5, 0.6) is 0 Å². The predicted octanol–water partition coefficient (Wildman–Crippen LogP) is 1.80. The Labute approximate surface area is 82.1 Å². The average Bonchev–Trinajstić information content (AvgIpc) is 2.18. The summed E-state index contributed by atoms with van der Waals surface area (Å²) in [5.41, 5.74) is -0.246. The molecule has 0 fully saturated rings. The van der Waals surface area contributed by atoms with Gasteiger partial charge in [-0.1, -0.05) is 19.8 Å². The molecule has 76 valence electrons. The Hall–Kier alpha value is -0.520. The normalized spacial score (nSPS) is 17.5. The van der Waals surface area contributed by atoms with E-state index in [4.69, 9.17) is 11.2 Å². The van der Waals surface area contributed by atoms with Crippen LogP contribution < -0.4 is 5.32 Å². The van der Waals surface area contributed by atoms with Crippen LogP contribution in [-0.2, 0) is 4.74 Å². The monoisotopic (exact) mass is 183 g/mol. The lowest BCUT2D eigenvalue weighted by Crippen LogP contribution is -2.49. The second-order valence-electron chi connectivity index (χ2n) is 3.42. The van der Waals surface area contributed by atoms with E-state index in [1.165, 1.54) is 0 Å². The number of hydrogen-bond donors (Lipinski definition) is 1. The summed E-state index contributed by atoms with van der Waals surface area (Å²) in [6.45, 7) is 7.19. The molecule has 0 aliphatic heterocycles. The van der Waals surface area contributed by atoms with Crippen LogP contribution in [-0.4, -0.2) is 25.3 Å². The summed E-state index contributed by atoms with van der Waals surface area (Å²) in [6, 6.07) is 0.00227. The minimum absolute atomic E-state index is 0.00227. The number of hydrogen-bond acceptors (Lipinski definition) is 2. The maximum Gasteiger partial charge on any atom is 0.0978 e. The van der Waals surface area contributed by atoms with E-state index in [-0.39, 0.29) is 11.6 Å². The molecule has 0 aromatic carbocycles. The molecule has 2 nitrogen and oxygen atoms in total. The topological polar surface area (TPSA) is 21.3 Å². The zero-order chi connectivity index (χ0) is 10.3. The molecule has 0 radical (unpaired) electrons. The fourth-order valence-corrected chi connectivity index (χ4v) is 1.21. The predicted molar refractivity (Wildman–Crippen MR) is 56.6 cm³/mol. The lowest BCUT2D eigenvalue weighted by atomic mass is 9.93. The summed E-state index contributed by atoms with van der Waals surface area (Å²) in [5.74, 6) is 2.74. The first kappa shape index (κ1) is 12.5. The highest BCUT2D eigenvalue weighted by Crippen LogP contribution is 2.18. The molecular formula is C11H21NO. The van der Waals surface area contributed by atoms with Crippen molar-refractivity contribution >= 4 is 0 Å². The summed E-state index contributed by atoms with van der Waals surface area (Å²) in [7, 11) is 1.71. The van der Waals surface area contributed by atoms with E-state index in [0.717, 1.165) is 19.4 Å². The molecule has 0 amide bonds. The van der Waals surface area contributed by atoms with Crippen molar-refractivity contribution in [3.05, 3.63) is 0 Å². The molecule has 2 unspecified atom stereocenters. The van der Waals surface area contributed by atoms with Crippen molar-refractivity contribution in [2.75, 3.05) is 13.7 Å². The van der Waals surface area contributed by atoms with Gasteiger partial charge in [0.1, 0.15) is 0 Å². The lowest BCUT2D eigenvalue weighted by Gasteiger charge is -2.33. The van der Waals surface area contributed by atoms with Crippen molar-refractivity contribution in [3.8, 4) is 12.3 Å². The van der Waals surface area contributed by atoms with E-state index in [1.54, 1.807) is 7.11 Å². The highest BCUT2D eigenvalue weighted by Gasteiger charge is 2.30. The molecule has 0 aliphatic carbocycles. The van der Waals surface area contributed by atoms with E-state index >= 15 is 0 Å². The molecule has 2 heteroatoms. The molecule has 0 saturated heterocycles. The smallest absolute Gasteiger partial charge is 0.0978 e. The molecule has 0 aromatic rings. The molecule has 0 spiro atoms. The van der Waals surface area contributed by atoms with Crippen molar-refractivity contribution < 1.29 is 4.74 Å². The van der Waals surface area contributed by atoms with Gasteiger partial charge >= 0.3 is 0 Å². The van der Waals surface area contributed by atoms with Gasteiger partial charge in [0, 0.05) is 7.11 Å². The SMILES string of the molecule is C#CC(NCCC)C(C)(CC)OC. The molecule has 13 heavy (non-hydrogen) atoms. The number of terminal acetylenes is 1. The third-order valence-electron chi connectivity index (χ3n) is 2.54. The number of rotatable bonds is 6. The molecule has 1 N–H and O–H groups in total. The molecule has 0 aromatic heterocycles. The Bertz CT molecular complexity index is 167. The van der Waals surface area contributed by atoms with Crippen molar-refractivity contribution in [3.63, 3.8) is 0 Å². The molecular weight excluding hydrogens is 162 g/mol. The zero-order valence-corrected chi connectivity index (χ0v) is 9.18. The molecule has 0 bridgehead atoms. The highest BCUT2D eigenvalue weighted by atomic mass is 16.5. The summed E-state index contributed by atoms with van der Waals surface area (Å²) >= 11 is 0. The van der Waals surface area contributed by atoms with Crippen LogP contribution in [0.15, 0.2) is 0 Å². The minimum Gasteiger partial charge on any atom is -0.376 e. The van der Waals surface area contributed by atoms with Crippen molar-refractivity contribution in [1.82, 2.24) is 5.32 Å². The van der Waals surface area contributed by atoms with Gasteiger partial charge in [-0.2, -0.15) is 0 Å². The highest BCUT2D eigenvalue weighted by molar-refractivity contribution is 5.08. The van der Waals surface area contributed by atoms with Crippen molar-refractivity contribution in [2.45, 2.75) is 45.3 Å². The summed E-state index contributed by atoms with van der Waals surface area (Å²) in [4.78, 5) is 0. The van der Waals surface area contributed by atoms with E-state index in [2.05, 4.69) is 25.1 Å². The Kier molecular flexibility index (Phi) is 5.77. The Morgan fingerprint density at radius 2 is 2.15 bits per heavy atom. The van der Waals surface area contributed by atoms with Crippen LogP contribution in [0.25, 0.3) is 0 Å². The van der Waals surface area contributed by atoms with Gasteiger partial charge in [0.05, 0.1) is 11.6 Å². The minimum atomic E-state index is -0.246. The first-order chi connectivity index (χ1) is 6.14. The standard InChI is InChI=1S/C11H21NO/c1-6-9-12-10(7-2)11(4,8-3)13-5/h2,10,12H,6,8-9H2,1,3-5H3. The van der Waals surface area contributed by atoms with Crippen LogP contribution in [0.4, 0.5) is 0 Å². The van der Waals surface area contributed by atoms with Crippen LogP contribution in [0.1, 0.15) is 33.6 Å². The molecule has 0 saturated carbocycles. The first-order valence-electron chi connectivity index (χ1n) is 4.89. The lowest BCUT2D eigenvalue weighted by molar-refractivity contribution is -0.0136. The van der Waals surface area contributed by atoms with E-state index < -0.39 is 0 Å². The van der Waals surface area contributed by atoms with Crippen LogP contribution >= 0.6 is 0 Å². The van der Waals surface area contributed by atoms with Gasteiger partial charge in [-0.3, -0.25) is 0 Å². The van der Waals surface area contributed by atoms with Gasteiger partial charge in [0.25, 0.3) is 0 Å². The number of nitrogens with one attached hydrogen (secondary N) is 1. The largest absolute Gasteiger partial charge is 0.376 e. The summed E-state index contributed by atoms with van der Waals surface area (Å²) in [5, 5.41) is 3.30. The maximum absolute atomic E-state index is 5.46. The summed E-state index contributed by atoms with van der Waals surface area (Å²) in [6.07, 6.45) is 7.46. The van der Waals surface area contributed by atoms with Crippen LogP contribution in [0.3, 0.4) is 0 Å². The van der Waals surface area contributed by atoms with Crippen molar-refractivity contribution in [2.24, 2.45) is 0 Å². The fraction of sp³-hybridized carbons (Fsp3) is 0.818. The van der Waals surface area contributed by atoms with Crippen molar-refractivity contribution in [1.29, 1.82) is 0 Å². The average molecular weight is 183 g/mol. The van der Waals surface area contributed by atoms with Crippen LogP contribution in [0, 0.1) is 12.3 Å². The van der Waals surface area contributed by atoms with Gasteiger partial charge in [-0.05, 0) is 26.3 Å². The van der Waals surface area contributed by atoms with Gasteiger partial charge in [0.2, 0.25) is 0 Å². The Morgan fingerprint density at radius 3 is 2.46 bits per heavy atom. The van der Waals surface area contributed by atoms with Gasteiger partial charge in [-0.15, -0.1) is 6.42 Å². The molecule has 0 heterocycles.